The first-order valence-corrected chi connectivity index (χ1v) is 43.3. The molecule has 0 amide bonds. The summed E-state index contributed by atoms with van der Waals surface area (Å²) in [6.07, 6.45) is 1.02. The number of benzene rings is 18. The minimum atomic E-state index is -0.00867. The van der Waals surface area contributed by atoms with Crippen LogP contribution in [0.15, 0.2) is 358 Å². The van der Waals surface area contributed by atoms with Gasteiger partial charge >= 0.3 is 0 Å². The minimum absolute atomic E-state index is 0.00867. The Hall–Kier alpha value is -15.8. The fourth-order valence-electron chi connectivity index (χ4n) is 20.9. The van der Waals surface area contributed by atoms with E-state index in [1.165, 1.54) is 153 Å². The molecule has 588 valence electrons. The first-order valence-electron chi connectivity index (χ1n) is 43.3. The molecule has 0 radical (unpaired) electrons. The molecular formula is C116H79N9. The Kier molecular flexibility index (Phi) is 15.9. The zero-order valence-electron chi connectivity index (χ0n) is 69.8. The number of aryl methyl sites for hydroxylation is 3. The van der Waals surface area contributed by atoms with E-state index in [1.54, 1.807) is 0 Å². The summed E-state index contributed by atoms with van der Waals surface area (Å²) in [5, 5.41) is 19.6. The van der Waals surface area contributed by atoms with E-state index in [2.05, 4.69) is 371 Å². The van der Waals surface area contributed by atoms with Crippen molar-refractivity contribution in [2.45, 2.75) is 53.4 Å². The minimum Gasteiger partial charge on any atom is -0.309 e. The molecule has 0 spiro atoms. The van der Waals surface area contributed by atoms with Gasteiger partial charge in [-0.05, 0) is 229 Å². The highest BCUT2D eigenvalue weighted by Crippen LogP contribution is 2.56. The van der Waals surface area contributed by atoms with E-state index in [0.29, 0.717) is 0 Å². The van der Waals surface area contributed by atoms with Crippen LogP contribution >= 0.6 is 0 Å². The van der Waals surface area contributed by atoms with Crippen LogP contribution in [0, 0.1) is 13.8 Å². The van der Waals surface area contributed by atoms with Crippen molar-refractivity contribution in [1.82, 2.24) is 43.6 Å². The molecule has 0 N–H and O–H groups in total. The molecule has 3 aliphatic carbocycles. The average Bonchev–Trinajstić information content (AvgIpc) is 1.54. The van der Waals surface area contributed by atoms with E-state index in [0.717, 1.165) is 124 Å². The highest BCUT2D eigenvalue weighted by atomic mass is 15.0. The van der Waals surface area contributed by atoms with Crippen molar-refractivity contribution in [3.63, 3.8) is 0 Å². The molecule has 0 bridgehead atoms. The lowest BCUT2D eigenvalue weighted by atomic mass is 9.84. The molecule has 0 saturated carbocycles. The molecule has 125 heavy (non-hydrogen) atoms. The van der Waals surface area contributed by atoms with Gasteiger partial charge in [0.05, 0.1) is 66.7 Å². The molecule has 9 nitrogen and oxygen atoms in total. The zero-order valence-corrected chi connectivity index (χ0v) is 69.8. The zero-order chi connectivity index (χ0) is 83.2. The van der Waals surface area contributed by atoms with Crippen LogP contribution in [0.2, 0.25) is 0 Å². The highest BCUT2D eigenvalue weighted by Gasteiger charge is 2.33. The molecule has 0 aliphatic heterocycles. The average molecular weight is 1600 g/mol. The maximum atomic E-state index is 5.10. The maximum absolute atomic E-state index is 5.10. The molecule has 6 aromatic heterocycles. The molecule has 0 unspecified atom stereocenters. The molecule has 6 heterocycles. The predicted molar refractivity (Wildman–Crippen MR) is 521 cm³/mol. The van der Waals surface area contributed by atoms with E-state index >= 15 is 0 Å². The van der Waals surface area contributed by atoms with Gasteiger partial charge < -0.3 is 13.7 Å². The smallest absolute Gasteiger partial charge is 0.160 e. The molecule has 0 fully saturated rings. The van der Waals surface area contributed by atoms with Gasteiger partial charge in [-0.25, -0.2) is 29.9 Å². The second kappa shape index (κ2) is 27.6. The summed E-state index contributed by atoms with van der Waals surface area (Å²) in [6.45, 7) is 13.7. The lowest BCUT2D eigenvalue weighted by Crippen LogP contribution is -2.13. The fraction of sp³-hybridized carbons (Fsp3) is 0.0690. The van der Waals surface area contributed by atoms with Crippen molar-refractivity contribution >= 4 is 130 Å². The predicted octanol–water partition coefficient (Wildman–Crippen LogP) is 30.1. The van der Waals surface area contributed by atoms with Crippen molar-refractivity contribution < 1.29 is 0 Å². The Bertz CT molecular complexity index is 8710. The van der Waals surface area contributed by atoms with Gasteiger partial charge in [0, 0.05) is 98.9 Å². The summed E-state index contributed by atoms with van der Waals surface area (Å²) in [6, 6.07) is 128. The second-order valence-electron chi connectivity index (χ2n) is 34.7. The van der Waals surface area contributed by atoms with Crippen molar-refractivity contribution in [3.05, 3.63) is 380 Å². The van der Waals surface area contributed by atoms with Gasteiger partial charge in [0.15, 0.2) is 17.5 Å². The van der Waals surface area contributed by atoms with Crippen molar-refractivity contribution in [1.29, 1.82) is 0 Å². The SMILES string of the molecule is CC(C)(C)c1ccc2c3c4c5c-2cccc5ccc4n(-c2ccc(-c4nc(-c5ccccc5)c5ccccc5n4)cc2)c13.CCc1ccc2c3c1-c1cccc4ccc(c3c14)n2-c1ccc(-c2nc(-c3ccccc3)c3ccccc3n2)cc1.Cc1ccc2c3c4c5c-2cccc5cc(C)c4n(-c2ccc(-c4nc(-c5ccccc5)c5ccccc5n4)cc2)c13. The summed E-state index contributed by atoms with van der Waals surface area (Å²) in [5.41, 5.74) is 36.7. The van der Waals surface area contributed by atoms with Crippen LogP contribution in [0.25, 0.3) is 249 Å². The Morgan fingerprint density at radius 3 is 1.14 bits per heavy atom. The Balaban J connectivity index is 0.000000103. The first kappa shape index (κ1) is 72.0. The van der Waals surface area contributed by atoms with Gasteiger partial charge in [-0.2, -0.15) is 0 Å². The molecule has 0 atom stereocenters. The largest absolute Gasteiger partial charge is 0.309 e. The van der Waals surface area contributed by atoms with Crippen LogP contribution in [-0.4, -0.2) is 43.6 Å². The standard InChI is InChI=1S/C40H29N3.2C38H25N3/c1-40(2,3)31-22-21-29-28-14-9-12-24-18-23-33-36(34(24)28)35(29)38(31)43(33)27-19-16-26(17-20-27)39-41-32-15-8-7-13-30(32)37(42-39)25-10-5-4-6-11-25;1-22-15-20-29-28-13-8-11-26-21-23(2)37-34(32(26)28)33(29)36(22)41(37)27-18-16-25(17-19-27)38-39-31-14-7-6-12-30(31)35(40-38)24-9-4-3-5-10-24;1-2-23-17-21-31-35-33(23)29-13-8-11-24-18-22-32(36(35)34(24)29)41(31)27-19-15-26(16-20-27)38-39-30-14-7-6-12-28(30)37(40-38)25-9-4-3-5-10-25/h4-23H,1-3H3;3-21H,1-2H3;3-22H,2H2,1H3. The lowest BCUT2D eigenvalue weighted by molar-refractivity contribution is 0.594. The quantitative estimate of drug-likeness (QED) is 0.135. The Morgan fingerprint density at radius 1 is 0.256 bits per heavy atom. The molecule has 18 aromatic carbocycles. The normalized spacial score (nSPS) is 12.3. The third kappa shape index (κ3) is 10.9. The summed E-state index contributed by atoms with van der Waals surface area (Å²) in [4.78, 5) is 30.2. The molecule has 24 aromatic rings. The second-order valence-corrected chi connectivity index (χ2v) is 34.7. The van der Waals surface area contributed by atoms with Crippen LogP contribution in [0.3, 0.4) is 0 Å². The van der Waals surface area contributed by atoms with Crippen molar-refractivity contribution in [3.8, 4) is 118 Å². The van der Waals surface area contributed by atoms with Crippen molar-refractivity contribution in [2.75, 3.05) is 0 Å². The van der Waals surface area contributed by atoms with Gasteiger partial charge in [0.1, 0.15) is 0 Å². The summed E-state index contributed by atoms with van der Waals surface area (Å²) < 4.78 is 7.36. The van der Waals surface area contributed by atoms with E-state index in [-0.39, 0.29) is 5.41 Å². The molecule has 0 saturated heterocycles. The number of para-hydroxylation sites is 3. The Morgan fingerprint density at radius 2 is 0.640 bits per heavy atom. The third-order valence-corrected chi connectivity index (χ3v) is 26.5. The van der Waals surface area contributed by atoms with Crippen molar-refractivity contribution in [2.24, 2.45) is 0 Å². The van der Waals surface area contributed by atoms with Gasteiger partial charge in [-0.15, -0.1) is 0 Å². The number of hydrogen-bond acceptors (Lipinski definition) is 6. The van der Waals surface area contributed by atoms with Gasteiger partial charge in [0.2, 0.25) is 0 Å². The third-order valence-electron chi connectivity index (χ3n) is 26.5. The van der Waals surface area contributed by atoms with Crippen LogP contribution < -0.4 is 0 Å². The summed E-state index contributed by atoms with van der Waals surface area (Å²) in [5.74, 6) is 2.21. The van der Waals surface area contributed by atoms with Crippen LogP contribution in [0.1, 0.15) is 49.9 Å². The van der Waals surface area contributed by atoms with Gasteiger partial charge in [0.25, 0.3) is 0 Å². The van der Waals surface area contributed by atoms with Gasteiger partial charge in [-0.1, -0.05) is 270 Å². The van der Waals surface area contributed by atoms with E-state index in [1.807, 2.05) is 42.5 Å². The fourth-order valence-corrected chi connectivity index (χ4v) is 20.9. The summed E-state index contributed by atoms with van der Waals surface area (Å²) in [7, 11) is 0. The lowest BCUT2D eigenvalue weighted by Gasteiger charge is -2.23. The monoisotopic (exact) mass is 1600 g/mol. The molecular weight excluding hydrogens is 1520 g/mol. The first-order chi connectivity index (χ1) is 61.4. The van der Waals surface area contributed by atoms with Crippen LogP contribution in [0.4, 0.5) is 0 Å². The van der Waals surface area contributed by atoms with Gasteiger partial charge in [-0.3, -0.25) is 0 Å². The highest BCUT2D eigenvalue weighted by molar-refractivity contribution is 6.37. The Labute approximate surface area is 721 Å². The number of rotatable bonds is 10. The molecule has 3 aliphatic rings. The van der Waals surface area contributed by atoms with E-state index < -0.39 is 0 Å². The van der Waals surface area contributed by atoms with Crippen LogP contribution in [-0.2, 0) is 11.8 Å². The number of fused-ring (bicyclic) bond motifs is 6. The molecule has 27 rings (SSSR count). The number of hydrogen-bond donors (Lipinski definition) is 0. The number of aromatic nitrogens is 9. The number of nitrogens with zero attached hydrogens (tertiary/aromatic N) is 9. The molecule has 9 heteroatoms. The van der Waals surface area contributed by atoms with E-state index in [9.17, 15) is 0 Å². The topological polar surface area (TPSA) is 92.1 Å². The summed E-state index contributed by atoms with van der Waals surface area (Å²) >= 11 is 0. The van der Waals surface area contributed by atoms with Crippen LogP contribution in [0.5, 0.6) is 0 Å². The maximum Gasteiger partial charge on any atom is 0.160 e. The van der Waals surface area contributed by atoms with E-state index in [4.69, 9.17) is 29.9 Å².